The maximum absolute atomic E-state index is 13.4. The van der Waals surface area contributed by atoms with E-state index < -0.39 is 10.0 Å². The molecule has 0 atom stereocenters. The number of ether oxygens (including phenoxy) is 2. The molecule has 38 heavy (non-hydrogen) atoms. The second-order valence-electron chi connectivity index (χ2n) is 9.42. The molecule has 0 fully saturated rings. The summed E-state index contributed by atoms with van der Waals surface area (Å²) in [7, 11) is -2.30. The molecular weight excluding hydrogens is 594 g/mol. The molecule has 2 aromatic heterocycles. The van der Waals surface area contributed by atoms with Gasteiger partial charge >= 0.3 is 6.01 Å². The van der Waals surface area contributed by atoms with Gasteiger partial charge in [-0.15, -0.1) is 5.10 Å². The number of hydrogen-bond donors (Lipinski definition) is 1. The van der Waals surface area contributed by atoms with Crippen LogP contribution in [0.15, 0.2) is 70.3 Å². The number of rotatable bonds is 9. The van der Waals surface area contributed by atoms with E-state index in [1.807, 2.05) is 12.1 Å². The molecule has 200 valence electrons. The summed E-state index contributed by atoms with van der Waals surface area (Å²) in [5.41, 5.74) is 2.02. The number of nitrogens with one attached hydrogen (secondary N) is 1. The van der Waals surface area contributed by atoms with Crippen LogP contribution < -0.4 is 14.2 Å². The van der Waals surface area contributed by atoms with Crippen molar-refractivity contribution in [1.82, 2.24) is 19.7 Å². The summed E-state index contributed by atoms with van der Waals surface area (Å²) in [5, 5.41) is 4.91. The van der Waals surface area contributed by atoms with Crippen molar-refractivity contribution in [3.8, 4) is 23.0 Å². The zero-order valence-corrected chi connectivity index (χ0v) is 24.4. The highest BCUT2D eigenvalue weighted by molar-refractivity contribution is 9.10. The van der Waals surface area contributed by atoms with Crippen molar-refractivity contribution in [2.75, 3.05) is 17.9 Å². The number of aromatic nitrogens is 4. The molecule has 2 heterocycles. The highest BCUT2D eigenvalue weighted by Gasteiger charge is 2.25. The Morgan fingerprint density at radius 2 is 1.68 bits per heavy atom. The Labute approximate surface area is 235 Å². The van der Waals surface area contributed by atoms with Crippen LogP contribution >= 0.6 is 27.5 Å². The predicted molar refractivity (Wildman–Crippen MR) is 150 cm³/mol. The minimum atomic E-state index is -3.93. The van der Waals surface area contributed by atoms with Crippen LogP contribution in [0.4, 0.5) is 5.82 Å². The molecule has 4 rings (SSSR count). The molecule has 0 unspecified atom stereocenters. The number of hydrogen-bond acceptors (Lipinski definition) is 7. The highest BCUT2D eigenvalue weighted by atomic mass is 79.9. The van der Waals surface area contributed by atoms with Crippen molar-refractivity contribution in [2.45, 2.75) is 31.1 Å². The largest absolute Gasteiger partial charge is 0.472 e. The first-order valence-electron chi connectivity index (χ1n) is 11.6. The molecular formula is C26H27BrClN5O4S. The van der Waals surface area contributed by atoms with Gasteiger partial charge in [-0.2, -0.15) is 0 Å². The van der Waals surface area contributed by atoms with Crippen LogP contribution in [-0.2, 0) is 22.5 Å². The molecule has 0 aliphatic carbocycles. The molecule has 0 spiro atoms. The Hall–Kier alpha value is -3.15. The van der Waals surface area contributed by atoms with Crippen LogP contribution in [-0.4, -0.2) is 41.4 Å². The van der Waals surface area contributed by atoms with Gasteiger partial charge in [0.1, 0.15) is 19.0 Å². The Kier molecular flexibility index (Phi) is 8.29. The van der Waals surface area contributed by atoms with Crippen LogP contribution in [0, 0.1) is 0 Å². The van der Waals surface area contributed by atoms with E-state index >= 15 is 0 Å². The summed E-state index contributed by atoms with van der Waals surface area (Å²) in [6, 6.07) is 14.1. The van der Waals surface area contributed by atoms with Crippen LogP contribution in [0.5, 0.6) is 11.9 Å². The second-order valence-corrected chi connectivity index (χ2v) is 12.5. The van der Waals surface area contributed by atoms with E-state index in [9.17, 15) is 8.42 Å². The van der Waals surface area contributed by atoms with E-state index in [0.29, 0.717) is 16.1 Å². The van der Waals surface area contributed by atoms with E-state index in [2.05, 4.69) is 56.5 Å². The van der Waals surface area contributed by atoms with Crippen molar-refractivity contribution in [3.63, 3.8) is 0 Å². The first kappa shape index (κ1) is 27.9. The molecule has 1 N–H and O–H groups in total. The SMILES string of the molecule is Cn1nc(OCCOc2ncc(Br)cn2)c(-c2cccc(Cl)c2)c1NS(=O)(=O)c1ccc(C(C)(C)C)cc1. The molecule has 0 radical (unpaired) electrons. The van der Waals surface area contributed by atoms with Gasteiger partial charge in [-0.25, -0.2) is 23.1 Å². The number of sulfonamides is 1. The van der Waals surface area contributed by atoms with E-state index in [-0.39, 0.29) is 41.2 Å². The lowest BCUT2D eigenvalue weighted by molar-refractivity contribution is 0.201. The second kappa shape index (κ2) is 11.3. The fraction of sp³-hybridized carbons (Fsp3) is 0.269. The first-order valence-corrected chi connectivity index (χ1v) is 14.3. The summed E-state index contributed by atoms with van der Waals surface area (Å²) in [6.45, 7) is 6.47. The number of nitrogens with zero attached hydrogens (tertiary/aromatic N) is 4. The standard InChI is InChI=1S/C26H27BrClN5O4S/c1-26(2,3)18-8-10-21(11-9-18)38(34,35)32-23-22(17-6-5-7-20(28)14-17)24(31-33(23)4)36-12-13-37-25-29-15-19(27)16-30-25/h5-11,14-16,32H,12-13H2,1-4H3. The lowest BCUT2D eigenvalue weighted by Crippen LogP contribution is -2.17. The Morgan fingerprint density at radius 1 is 1.03 bits per heavy atom. The van der Waals surface area contributed by atoms with Gasteiger partial charge in [-0.1, -0.05) is 56.6 Å². The molecule has 9 nitrogen and oxygen atoms in total. The maximum Gasteiger partial charge on any atom is 0.316 e. The minimum absolute atomic E-state index is 0.100. The molecule has 0 aliphatic heterocycles. The number of benzene rings is 2. The van der Waals surface area contributed by atoms with Crippen LogP contribution in [0.25, 0.3) is 11.1 Å². The van der Waals surface area contributed by atoms with Gasteiger partial charge in [0.05, 0.1) is 14.9 Å². The monoisotopic (exact) mass is 619 g/mol. The van der Waals surface area contributed by atoms with Crippen molar-refractivity contribution < 1.29 is 17.9 Å². The Morgan fingerprint density at radius 3 is 2.32 bits per heavy atom. The molecule has 4 aromatic rings. The number of halogens is 2. The smallest absolute Gasteiger partial charge is 0.316 e. The molecule has 0 saturated carbocycles. The van der Waals surface area contributed by atoms with Gasteiger partial charge in [0.2, 0.25) is 5.88 Å². The zero-order valence-electron chi connectivity index (χ0n) is 21.3. The zero-order chi connectivity index (χ0) is 27.5. The molecule has 0 bridgehead atoms. The quantitative estimate of drug-likeness (QED) is 0.234. The van der Waals surface area contributed by atoms with Crippen LogP contribution in [0.1, 0.15) is 26.3 Å². The average molecular weight is 621 g/mol. The van der Waals surface area contributed by atoms with E-state index in [4.69, 9.17) is 21.1 Å². The fourth-order valence-corrected chi connectivity index (χ4v) is 5.08. The summed E-state index contributed by atoms with van der Waals surface area (Å²) in [5.74, 6) is 0.454. The van der Waals surface area contributed by atoms with E-state index in [1.165, 1.54) is 4.68 Å². The maximum atomic E-state index is 13.4. The van der Waals surface area contributed by atoms with Gasteiger partial charge in [0, 0.05) is 24.5 Å². The summed E-state index contributed by atoms with van der Waals surface area (Å²) >= 11 is 9.52. The summed E-state index contributed by atoms with van der Waals surface area (Å²) in [4.78, 5) is 8.25. The van der Waals surface area contributed by atoms with Crippen molar-refractivity contribution in [3.05, 3.63) is 76.0 Å². The Bertz CT molecular complexity index is 1520. The van der Waals surface area contributed by atoms with Crippen molar-refractivity contribution >= 4 is 43.4 Å². The number of anilines is 1. The minimum Gasteiger partial charge on any atom is -0.472 e. The predicted octanol–water partition coefficient (Wildman–Crippen LogP) is 5.85. The first-order chi connectivity index (χ1) is 17.9. The lowest BCUT2D eigenvalue weighted by Gasteiger charge is -2.19. The molecule has 0 aliphatic rings. The van der Waals surface area contributed by atoms with Gasteiger partial charge in [0.15, 0.2) is 0 Å². The normalized spacial score (nSPS) is 11.8. The van der Waals surface area contributed by atoms with E-state index in [0.717, 1.165) is 10.0 Å². The van der Waals surface area contributed by atoms with Crippen molar-refractivity contribution in [2.24, 2.45) is 7.05 Å². The third kappa shape index (κ3) is 6.64. The molecule has 12 heteroatoms. The van der Waals surface area contributed by atoms with Crippen molar-refractivity contribution in [1.29, 1.82) is 0 Å². The summed E-state index contributed by atoms with van der Waals surface area (Å²) < 4.78 is 43.0. The lowest BCUT2D eigenvalue weighted by atomic mass is 9.87. The third-order valence-electron chi connectivity index (χ3n) is 5.54. The molecule has 0 saturated heterocycles. The summed E-state index contributed by atoms with van der Waals surface area (Å²) in [6.07, 6.45) is 3.16. The van der Waals surface area contributed by atoms with E-state index in [1.54, 1.807) is 55.8 Å². The van der Waals surface area contributed by atoms with Gasteiger partial charge in [-0.3, -0.25) is 4.72 Å². The molecule has 2 aromatic carbocycles. The van der Waals surface area contributed by atoms with Gasteiger partial charge in [-0.05, 0) is 56.7 Å². The van der Waals surface area contributed by atoms with Gasteiger partial charge in [0.25, 0.3) is 10.0 Å². The highest BCUT2D eigenvalue weighted by Crippen LogP contribution is 2.38. The topological polar surface area (TPSA) is 108 Å². The van der Waals surface area contributed by atoms with Crippen LogP contribution in [0.3, 0.4) is 0 Å². The molecule has 0 amide bonds. The Balaban J connectivity index is 1.61. The third-order valence-corrected chi connectivity index (χ3v) is 7.54. The fourth-order valence-electron chi connectivity index (χ4n) is 3.59. The van der Waals surface area contributed by atoms with Gasteiger partial charge < -0.3 is 9.47 Å². The number of aryl methyl sites for hydroxylation is 1. The average Bonchev–Trinajstić information content (AvgIpc) is 3.16. The van der Waals surface area contributed by atoms with Crippen LogP contribution in [0.2, 0.25) is 5.02 Å².